The molecule has 3 aromatic rings. The molecule has 1 N–H and O–H groups in total. The Morgan fingerprint density at radius 1 is 1.12 bits per heavy atom. The van der Waals surface area contributed by atoms with Gasteiger partial charge < -0.3 is 10.2 Å². The van der Waals surface area contributed by atoms with E-state index in [1.165, 1.54) is 21.4 Å². The second-order valence-electron chi connectivity index (χ2n) is 6.19. The van der Waals surface area contributed by atoms with Crippen LogP contribution >= 0.6 is 11.3 Å². The van der Waals surface area contributed by atoms with Crippen LogP contribution in [0.5, 0.6) is 0 Å². The van der Waals surface area contributed by atoms with Crippen molar-refractivity contribution >= 4 is 27.4 Å². The normalized spacial score (nSPS) is 11.3. The van der Waals surface area contributed by atoms with E-state index in [1.807, 2.05) is 0 Å². The summed E-state index contributed by atoms with van der Waals surface area (Å²) < 4.78 is 0. The van der Waals surface area contributed by atoms with Gasteiger partial charge in [0.15, 0.2) is 0 Å². The third kappa shape index (κ3) is 3.91. The first kappa shape index (κ1) is 16.9. The van der Waals surface area contributed by atoms with E-state index in [1.54, 1.807) is 17.7 Å². The summed E-state index contributed by atoms with van der Waals surface area (Å²) >= 11 is 1.74. The Kier molecular flexibility index (Phi) is 5.43. The molecule has 4 nitrogen and oxygen atoms in total. The Balaban J connectivity index is 1.52. The second-order valence-corrected chi connectivity index (χ2v) is 7.39. The van der Waals surface area contributed by atoms with Crippen LogP contribution in [0.15, 0.2) is 36.7 Å². The molecule has 2 aromatic heterocycles. The summed E-state index contributed by atoms with van der Waals surface area (Å²) in [7, 11) is 2.17. The largest absolute Gasteiger partial charge is 0.369 e. The highest BCUT2D eigenvalue weighted by Gasteiger charge is 2.11. The van der Waals surface area contributed by atoms with Gasteiger partial charge in [-0.05, 0) is 45.0 Å². The van der Waals surface area contributed by atoms with E-state index in [4.69, 9.17) is 0 Å². The molecule has 24 heavy (non-hydrogen) atoms. The lowest BCUT2D eigenvalue weighted by molar-refractivity contribution is 0.325. The minimum absolute atomic E-state index is 0.916. The van der Waals surface area contributed by atoms with Crippen LogP contribution in [0.2, 0.25) is 0 Å². The predicted octanol–water partition coefficient (Wildman–Crippen LogP) is 4.24. The van der Waals surface area contributed by atoms with Crippen LogP contribution in [0, 0.1) is 13.8 Å². The molecule has 0 unspecified atom stereocenters. The van der Waals surface area contributed by atoms with Crippen LogP contribution in [0.25, 0.3) is 10.2 Å². The number of hydrogen-bond acceptors (Lipinski definition) is 5. The Hall–Kier alpha value is -1.98. The number of thiophene rings is 1. The van der Waals surface area contributed by atoms with Crippen LogP contribution in [0.4, 0.5) is 5.82 Å². The van der Waals surface area contributed by atoms with Gasteiger partial charge in [0.05, 0.1) is 5.39 Å². The number of aryl methyl sites for hydroxylation is 2. The van der Waals surface area contributed by atoms with Gasteiger partial charge in [-0.2, -0.15) is 0 Å². The number of anilines is 1. The smallest absolute Gasteiger partial charge is 0.138 e. The first-order valence-corrected chi connectivity index (χ1v) is 9.14. The summed E-state index contributed by atoms with van der Waals surface area (Å²) in [6.45, 7) is 7.25. The molecule has 0 bridgehead atoms. The molecule has 1 aromatic carbocycles. The van der Waals surface area contributed by atoms with Crippen molar-refractivity contribution in [1.29, 1.82) is 0 Å². The van der Waals surface area contributed by atoms with Gasteiger partial charge in [0.2, 0.25) is 0 Å². The molecule has 5 heteroatoms. The summed E-state index contributed by atoms with van der Waals surface area (Å²) in [5, 5.41) is 4.67. The zero-order chi connectivity index (χ0) is 16.9. The molecule has 0 saturated carbocycles. The van der Waals surface area contributed by atoms with Crippen LogP contribution in [0.3, 0.4) is 0 Å². The lowest BCUT2D eigenvalue weighted by Gasteiger charge is -2.17. The third-order valence-electron chi connectivity index (χ3n) is 4.27. The molecule has 0 atom stereocenters. The molecule has 0 saturated heterocycles. The van der Waals surface area contributed by atoms with Gasteiger partial charge in [-0.25, -0.2) is 9.97 Å². The minimum Gasteiger partial charge on any atom is -0.369 e. The van der Waals surface area contributed by atoms with Crippen molar-refractivity contribution in [2.24, 2.45) is 0 Å². The van der Waals surface area contributed by atoms with E-state index < -0.39 is 0 Å². The highest BCUT2D eigenvalue weighted by Crippen LogP contribution is 2.32. The quantitative estimate of drug-likeness (QED) is 0.653. The Morgan fingerprint density at radius 3 is 2.71 bits per heavy atom. The average Bonchev–Trinajstić information content (AvgIpc) is 2.88. The fraction of sp³-hybridized carbons (Fsp3) is 0.368. The third-order valence-corrected chi connectivity index (χ3v) is 5.38. The summed E-state index contributed by atoms with van der Waals surface area (Å²) in [5.74, 6) is 0.965. The fourth-order valence-electron chi connectivity index (χ4n) is 2.85. The Labute approximate surface area is 147 Å². The zero-order valence-corrected chi connectivity index (χ0v) is 15.4. The highest BCUT2D eigenvalue weighted by atomic mass is 32.1. The molecule has 0 aliphatic carbocycles. The maximum absolute atomic E-state index is 4.44. The molecule has 2 heterocycles. The predicted molar refractivity (Wildman–Crippen MR) is 103 cm³/mol. The summed E-state index contributed by atoms with van der Waals surface area (Å²) in [6, 6.07) is 10.6. The average molecular weight is 340 g/mol. The Morgan fingerprint density at radius 2 is 1.92 bits per heavy atom. The van der Waals surface area contributed by atoms with E-state index in [2.05, 4.69) is 71.4 Å². The van der Waals surface area contributed by atoms with Gasteiger partial charge in [0.25, 0.3) is 0 Å². The van der Waals surface area contributed by atoms with Crippen molar-refractivity contribution in [3.05, 3.63) is 52.7 Å². The van der Waals surface area contributed by atoms with E-state index in [-0.39, 0.29) is 0 Å². The number of nitrogens with zero attached hydrogens (tertiary/aromatic N) is 3. The molecule has 0 radical (unpaired) electrons. The van der Waals surface area contributed by atoms with E-state index >= 15 is 0 Å². The highest BCUT2D eigenvalue weighted by molar-refractivity contribution is 7.18. The van der Waals surface area contributed by atoms with E-state index in [0.29, 0.717) is 0 Å². The number of benzene rings is 1. The van der Waals surface area contributed by atoms with Gasteiger partial charge in [0, 0.05) is 18.0 Å². The molecular weight excluding hydrogens is 316 g/mol. The van der Waals surface area contributed by atoms with Crippen LogP contribution in [-0.2, 0) is 6.54 Å². The second kappa shape index (κ2) is 7.73. The lowest BCUT2D eigenvalue weighted by Crippen LogP contribution is -2.21. The van der Waals surface area contributed by atoms with E-state index in [9.17, 15) is 0 Å². The van der Waals surface area contributed by atoms with E-state index in [0.717, 1.165) is 36.7 Å². The maximum Gasteiger partial charge on any atom is 0.138 e. The van der Waals surface area contributed by atoms with Crippen molar-refractivity contribution in [3.8, 4) is 0 Å². The summed E-state index contributed by atoms with van der Waals surface area (Å²) in [5.41, 5.74) is 2.65. The summed E-state index contributed by atoms with van der Waals surface area (Å²) in [4.78, 5) is 13.6. The lowest BCUT2D eigenvalue weighted by atomic mass is 10.2. The SMILES string of the molecule is Cc1sc2ncnc(NCCCN(C)Cc3ccccc3)c2c1C. The molecule has 126 valence electrons. The first-order valence-electron chi connectivity index (χ1n) is 8.32. The number of aromatic nitrogens is 2. The topological polar surface area (TPSA) is 41.1 Å². The monoisotopic (exact) mass is 340 g/mol. The van der Waals surface area contributed by atoms with Crippen molar-refractivity contribution in [3.63, 3.8) is 0 Å². The van der Waals surface area contributed by atoms with Crippen molar-refractivity contribution in [2.75, 3.05) is 25.5 Å². The number of hydrogen-bond donors (Lipinski definition) is 1. The summed E-state index contributed by atoms with van der Waals surface area (Å²) in [6.07, 6.45) is 2.73. The maximum atomic E-state index is 4.44. The molecule has 0 aliphatic rings. The van der Waals surface area contributed by atoms with Crippen molar-refractivity contribution in [1.82, 2.24) is 14.9 Å². The van der Waals surface area contributed by atoms with Crippen LogP contribution < -0.4 is 5.32 Å². The fourth-order valence-corrected chi connectivity index (χ4v) is 3.84. The van der Waals surface area contributed by atoms with Gasteiger partial charge in [-0.3, -0.25) is 0 Å². The molecule has 0 aliphatic heterocycles. The standard InChI is InChI=1S/C19H24N4S/c1-14-15(2)24-19-17(14)18(21-13-22-19)20-10-7-11-23(3)12-16-8-5-4-6-9-16/h4-6,8-9,13H,7,10-12H2,1-3H3,(H,20,21,22). The minimum atomic E-state index is 0.916. The van der Waals surface area contributed by atoms with Gasteiger partial charge in [-0.1, -0.05) is 30.3 Å². The van der Waals surface area contributed by atoms with Crippen LogP contribution in [0.1, 0.15) is 22.4 Å². The van der Waals surface area contributed by atoms with Crippen LogP contribution in [-0.4, -0.2) is 35.0 Å². The molecule has 0 amide bonds. The van der Waals surface area contributed by atoms with Gasteiger partial charge in [-0.15, -0.1) is 11.3 Å². The molecule has 0 spiro atoms. The number of rotatable bonds is 7. The molecular formula is C19H24N4S. The first-order chi connectivity index (χ1) is 11.6. The molecule has 3 rings (SSSR count). The van der Waals surface area contributed by atoms with Gasteiger partial charge in [0.1, 0.15) is 17.0 Å². The zero-order valence-electron chi connectivity index (χ0n) is 14.5. The Bertz CT molecular complexity index is 798. The van der Waals surface area contributed by atoms with Crippen molar-refractivity contribution < 1.29 is 0 Å². The number of fused-ring (bicyclic) bond motifs is 1. The van der Waals surface area contributed by atoms with Gasteiger partial charge >= 0.3 is 0 Å². The molecule has 0 fully saturated rings. The number of nitrogens with one attached hydrogen (secondary N) is 1. The van der Waals surface area contributed by atoms with Crippen molar-refractivity contribution in [2.45, 2.75) is 26.8 Å².